The minimum Gasteiger partial charge on any atom is -0.454 e. The van der Waals surface area contributed by atoms with Gasteiger partial charge in [-0.05, 0) is 61.0 Å². The lowest BCUT2D eigenvalue weighted by atomic mass is 10.1. The zero-order valence-corrected chi connectivity index (χ0v) is 17.7. The summed E-state index contributed by atoms with van der Waals surface area (Å²) >= 11 is 3.45. The maximum absolute atomic E-state index is 13.4. The van der Waals surface area contributed by atoms with E-state index in [1.54, 1.807) is 11.0 Å². The van der Waals surface area contributed by atoms with Crippen LogP contribution in [-0.2, 0) is 4.79 Å². The summed E-state index contributed by atoms with van der Waals surface area (Å²) in [5.41, 5.74) is 3.95. The third kappa shape index (κ3) is 3.39. The Morgan fingerprint density at radius 3 is 2.60 bits per heavy atom. The molecular formula is C24H17BrN2O3. The predicted octanol–water partition coefficient (Wildman–Crippen LogP) is 5.32. The summed E-state index contributed by atoms with van der Waals surface area (Å²) in [4.78, 5) is 19.7. The van der Waals surface area contributed by atoms with Crippen molar-refractivity contribution >= 4 is 39.4 Å². The maximum atomic E-state index is 13.4. The molecule has 0 radical (unpaired) electrons. The molecule has 2 aliphatic heterocycles. The molecule has 0 fully saturated rings. The van der Waals surface area contributed by atoms with Gasteiger partial charge < -0.3 is 9.47 Å². The summed E-state index contributed by atoms with van der Waals surface area (Å²) in [7, 11) is 0. The SMILES string of the molecule is Cc1cccc(C2=N/C(=C/c3ccc4c(c3)OCO4)C(=O)N2c2ccc(Br)cc2)c1. The van der Waals surface area contributed by atoms with E-state index in [1.165, 1.54) is 0 Å². The van der Waals surface area contributed by atoms with Crippen LogP contribution in [0.3, 0.4) is 0 Å². The minimum atomic E-state index is -0.175. The first-order chi connectivity index (χ1) is 14.6. The number of aryl methyl sites for hydroxylation is 1. The number of hydrogen-bond acceptors (Lipinski definition) is 4. The summed E-state index contributed by atoms with van der Waals surface area (Å²) in [5.74, 6) is 1.81. The van der Waals surface area contributed by atoms with Crippen molar-refractivity contribution in [3.63, 3.8) is 0 Å². The van der Waals surface area contributed by atoms with Crippen molar-refractivity contribution in [1.82, 2.24) is 0 Å². The topological polar surface area (TPSA) is 51.1 Å². The smallest absolute Gasteiger partial charge is 0.282 e. The van der Waals surface area contributed by atoms with Gasteiger partial charge in [-0.15, -0.1) is 0 Å². The zero-order chi connectivity index (χ0) is 20.7. The first kappa shape index (κ1) is 18.6. The fourth-order valence-electron chi connectivity index (χ4n) is 3.48. The van der Waals surface area contributed by atoms with Gasteiger partial charge >= 0.3 is 0 Å². The van der Waals surface area contributed by atoms with Crippen molar-refractivity contribution in [3.05, 3.63) is 93.6 Å². The van der Waals surface area contributed by atoms with Crippen LogP contribution in [0.2, 0.25) is 0 Å². The maximum Gasteiger partial charge on any atom is 0.282 e. The molecule has 0 unspecified atom stereocenters. The lowest BCUT2D eigenvalue weighted by molar-refractivity contribution is -0.113. The molecule has 148 valence electrons. The van der Waals surface area contributed by atoms with Gasteiger partial charge in [0, 0.05) is 10.0 Å². The largest absolute Gasteiger partial charge is 0.454 e. The Morgan fingerprint density at radius 1 is 1.00 bits per heavy atom. The van der Waals surface area contributed by atoms with Gasteiger partial charge in [-0.3, -0.25) is 9.69 Å². The molecule has 5 nitrogen and oxygen atoms in total. The molecule has 0 aliphatic carbocycles. The Morgan fingerprint density at radius 2 is 1.80 bits per heavy atom. The number of carbonyl (C=O) groups is 1. The Kier molecular flexibility index (Phi) is 4.64. The molecular weight excluding hydrogens is 444 g/mol. The van der Waals surface area contributed by atoms with Crippen LogP contribution in [0.1, 0.15) is 16.7 Å². The zero-order valence-electron chi connectivity index (χ0n) is 16.1. The number of benzene rings is 3. The molecule has 30 heavy (non-hydrogen) atoms. The second-order valence-electron chi connectivity index (χ2n) is 7.06. The van der Waals surface area contributed by atoms with Crippen molar-refractivity contribution in [2.45, 2.75) is 6.92 Å². The summed E-state index contributed by atoms with van der Waals surface area (Å²) in [6.07, 6.45) is 1.78. The number of carbonyl (C=O) groups excluding carboxylic acids is 1. The summed E-state index contributed by atoms with van der Waals surface area (Å²) in [6.45, 7) is 2.23. The summed E-state index contributed by atoms with van der Waals surface area (Å²) in [6, 6.07) is 21.2. The normalized spacial score (nSPS) is 16.3. The van der Waals surface area contributed by atoms with Crippen molar-refractivity contribution in [1.29, 1.82) is 0 Å². The average Bonchev–Trinajstić information content (AvgIpc) is 3.33. The molecule has 0 saturated carbocycles. The molecule has 2 heterocycles. The van der Waals surface area contributed by atoms with Crippen molar-refractivity contribution in [2.75, 3.05) is 11.7 Å². The lowest BCUT2D eigenvalue weighted by Crippen LogP contribution is -2.32. The molecule has 0 atom stereocenters. The fraction of sp³-hybridized carbons (Fsp3) is 0.0833. The van der Waals surface area contributed by atoms with Crippen LogP contribution in [0.25, 0.3) is 6.08 Å². The van der Waals surface area contributed by atoms with Crippen LogP contribution in [0.5, 0.6) is 11.5 Å². The first-order valence-corrected chi connectivity index (χ1v) is 10.2. The summed E-state index contributed by atoms with van der Waals surface area (Å²) < 4.78 is 11.8. The molecule has 1 amide bonds. The van der Waals surface area contributed by atoms with Gasteiger partial charge in [0.15, 0.2) is 11.5 Å². The van der Waals surface area contributed by atoms with Crippen LogP contribution >= 0.6 is 15.9 Å². The van der Waals surface area contributed by atoms with E-state index < -0.39 is 0 Å². The van der Waals surface area contributed by atoms with Gasteiger partial charge in [0.1, 0.15) is 11.5 Å². The number of nitrogens with zero attached hydrogens (tertiary/aromatic N) is 2. The molecule has 0 saturated heterocycles. The molecule has 6 heteroatoms. The quantitative estimate of drug-likeness (QED) is 0.496. The number of halogens is 1. The van der Waals surface area contributed by atoms with Crippen molar-refractivity contribution in [2.24, 2.45) is 4.99 Å². The summed E-state index contributed by atoms with van der Waals surface area (Å²) in [5, 5.41) is 0. The Balaban J connectivity index is 1.60. The molecule has 5 rings (SSSR count). The standard InChI is InChI=1S/C24H17BrN2O3/c1-15-3-2-4-17(11-15)23-26-20(12-16-5-10-21-22(13-16)30-14-29-21)24(28)27(23)19-8-6-18(25)7-9-19/h2-13H,14H2,1H3/b20-12+. The fourth-order valence-corrected chi connectivity index (χ4v) is 3.75. The van der Waals surface area contributed by atoms with Crippen LogP contribution in [0.15, 0.2) is 81.9 Å². The molecule has 0 spiro atoms. The number of hydrogen-bond donors (Lipinski definition) is 0. The molecule has 3 aromatic rings. The van der Waals surface area contributed by atoms with Gasteiger partial charge in [0.05, 0.1) is 5.69 Å². The van der Waals surface area contributed by atoms with Crippen LogP contribution in [-0.4, -0.2) is 18.5 Å². The van der Waals surface area contributed by atoms with E-state index in [2.05, 4.69) is 15.9 Å². The van der Waals surface area contributed by atoms with E-state index in [9.17, 15) is 4.79 Å². The number of anilines is 1. The third-order valence-electron chi connectivity index (χ3n) is 4.92. The number of ether oxygens (including phenoxy) is 2. The van der Waals surface area contributed by atoms with E-state index in [-0.39, 0.29) is 12.7 Å². The van der Waals surface area contributed by atoms with Crippen LogP contribution in [0.4, 0.5) is 5.69 Å². The van der Waals surface area contributed by atoms with E-state index in [0.717, 1.165) is 26.9 Å². The Labute approximate surface area is 182 Å². The molecule has 0 bridgehead atoms. The highest BCUT2D eigenvalue weighted by Gasteiger charge is 2.32. The molecule has 2 aliphatic rings. The first-order valence-electron chi connectivity index (χ1n) is 9.45. The minimum absolute atomic E-state index is 0.175. The van der Waals surface area contributed by atoms with E-state index in [1.807, 2.05) is 73.7 Å². The highest BCUT2D eigenvalue weighted by Crippen LogP contribution is 2.34. The van der Waals surface area contributed by atoms with Gasteiger partial charge in [0.2, 0.25) is 6.79 Å². The predicted molar refractivity (Wildman–Crippen MR) is 120 cm³/mol. The van der Waals surface area contributed by atoms with Gasteiger partial charge in [0.25, 0.3) is 5.91 Å². The number of aliphatic imine (C=N–C) groups is 1. The molecule has 3 aromatic carbocycles. The van der Waals surface area contributed by atoms with E-state index in [4.69, 9.17) is 14.5 Å². The average molecular weight is 461 g/mol. The number of fused-ring (bicyclic) bond motifs is 1. The Bertz CT molecular complexity index is 1220. The number of amidine groups is 1. The van der Waals surface area contributed by atoms with Crippen LogP contribution in [0, 0.1) is 6.92 Å². The van der Waals surface area contributed by atoms with E-state index in [0.29, 0.717) is 23.0 Å². The van der Waals surface area contributed by atoms with Gasteiger partial charge in [-0.25, -0.2) is 4.99 Å². The molecule has 0 aromatic heterocycles. The number of amides is 1. The monoisotopic (exact) mass is 460 g/mol. The lowest BCUT2D eigenvalue weighted by Gasteiger charge is -2.19. The second kappa shape index (κ2) is 7.46. The van der Waals surface area contributed by atoms with Gasteiger partial charge in [-0.2, -0.15) is 0 Å². The third-order valence-corrected chi connectivity index (χ3v) is 5.45. The van der Waals surface area contributed by atoms with E-state index >= 15 is 0 Å². The van der Waals surface area contributed by atoms with Crippen molar-refractivity contribution in [3.8, 4) is 11.5 Å². The second-order valence-corrected chi connectivity index (χ2v) is 7.98. The highest BCUT2D eigenvalue weighted by molar-refractivity contribution is 9.10. The van der Waals surface area contributed by atoms with Crippen LogP contribution < -0.4 is 14.4 Å². The van der Waals surface area contributed by atoms with Gasteiger partial charge in [-0.1, -0.05) is 45.8 Å². The Hall–Kier alpha value is -3.38. The van der Waals surface area contributed by atoms with Crippen molar-refractivity contribution < 1.29 is 14.3 Å². The molecule has 0 N–H and O–H groups in total. The number of rotatable bonds is 3. The highest BCUT2D eigenvalue weighted by atomic mass is 79.9.